The van der Waals surface area contributed by atoms with Gasteiger partial charge in [0, 0.05) is 49.3 Å². The number of urea groups is 1. The van der Waals surface area contributed by atoms with Crippen LogP contribution in [0.25, 0.3) is 10.9 Å². The summed E-state index contributed by atoms with van der Waals surface area (Å²) in [7, 11) is 0. The molecule has 0 bridgehead atoms. The number of aromatic amines is 1. The Morgan fingerprint density at radius 2 is 1.93 bits per heavy atom. The van der Waals surface area contributed by atoms with E-state index in [1.165, 1.54) is 12.1 Å². The molecule has 0 saturated carbocycles. The number of ether oxygens (including phenoxy) is 1. The molecule has 1 aromatic heterocycles. The van der Waals surface area contributed by atoms with E-state index in [2.05, 4.69) is 15.6 Å². The first-order valence-electron chi connectivity index (χ1n) is 9.60. The highest BCUT2D eigenvalue weighted by Gasteiger charge is 2.19. The molecular formula is C22H26FN3O2. The van der Waals surface area contributed by atoms with Gasteiger partial charge in [-0.3, -0.25) is 0 Å². The van der Waals surface area contributed by atoms with Gasteiger partial charge < -0.3 is 20.4 Å². The number of rotatable bonds is 9. The Kier molecular flexibility index (Phi) is 7.03. The summed E-state index contributed by atoms with van der Waals surface area (Å²) < 4.78 is 18.7. The van der Waals surface area contributed by atoms with E-state index in [0.717, 1.165) is 28.5 Å². The standard InChI is InChI=1S/C22H26FN3O2/c1-2-28-13-5-12-24-22(27)26-14-19(16-8-10-17(23)11-9-16)20-15-25-21-7-4-3-6-18(20)21/h3-4,6-11,15,19,25H,2,5,12-14H2,1H3,(H2,24,26,27)/t19-/m1/s1. The normalized spacial score (nSPS) is 12.1. The molecule has 0 aliphatic rings. The highest BCUT2D eigenvalue weighted by atomic mass is 19.1. The van der Waals surface area contributed by atoms with Crippen molar-refractivity contribution in [1.82, 2.24) is 15.6 Å². The number of hydrogen-bond acceptors (Lipinski definition) is 2. The number of carbonyl (C=O) groups is 1. The number of benzene rings is 2. The molecule has 0 unspecified atom stereocenters. The van der Waals surface area contributed by atoms with Gasteiger partial charge in [-0.25, -0.2) is 9.18 Å². The average Bonchev–Trinajstić information content (AvgIpc) is 3.13. The number of aromatic nitrogens is 1. The largest absolute Gasteiger partial charge is 0.382 e. The van der Waals surface area contributed by atoms with Gasteiger partial charge in [0.25, 0.3) is 0 Å². The summed E-state index contributed by atoms with van der Waals surface area (Å²) in [6, 6.07) is 14.2. The predicted octanol–water partition coefficient (Wildman–Crippen LogP) is 4.16. The zero-order valence-corrected chi connectivity index (χ0v) is 16.0. The maximum absolute atomic E-state index is 13.4. The first kappa shape index (κ1) is 19.9. The fourth-order valence-electron chi connectivity index (χ4n) is 3.26. The molecule has 3 aromatic rings. The molecule has 3 N–H and O–H groups in total. The molecule has 1 heterocycles. The first-order chi connectivity index (χ1) is 13.7. The molecule has 0 radical (unpaired) electrons. The van der Waals surface area contributed by atoms with E-state index in [4.69, 9.17) is 4.74 Å². The molecule has 0 aliphatic carbocycles. The molecule has 6 heteroatoms. The second-order valence-electron chi connectivity index (χ2n) is 6.58. The Morgan fingerprint density at radius 1 is 1.14 bits per heavy atom. The topological polar surface area (TPSA) is 66.2 Å². The number of fused-ring (bicyclic) bond motifs is 1. The molecule has 2 amide bonds. The summed E-state index contributed by atoms with van der Waals surface area (Å²) in [5.74, 6) is -0.368. The quantitative estimate of drug-likeness (QED) is 0.486. The highest BCUT2D eigenvalue weighted by molar-refractivity contribution is 5.84. The Balaban J connectivity index is 1.71. The fourth-order valence-corrected chi connectivity index (χ4v) is 3.26. The van der Waals surface area contributed by atoms with Gasteiger partial charge in [-0.15, -0.1) is 0 Å². The van der Waals surface area contributed by atoms with Gasteiger partial charge in [-0.05, 0) is 42.7 Å². The van der Waals surface area contributed by atoms with Gasteiger partial charge in [-0.1, -0.05) is 30.3 Å². The first-order valence-corrected chi connectivity index (χ1v) is 9.60. The molecule has 5 nitrogen and oxygen atoms in total. The number of hydrogen-bond donors (Lipinski definition) is 3. The van der Waals surface area contributed by atoms with Crippen molar-refractivity contribution in [2.75, 3.05) is 26.3 Å². The van der Waals surface area contributed by atoms with Gasteiger partial charge in [0.15, 0.2) is 0 Å². The maximum atomic E-state index is 13.4. The van der Waals surface area contributed by atoms with Crippen molar-refractivity contribution in [1.29, 1.82) is 0 Å². The fraction of sp³-hybridized carbons (Fsp3) is 0.318. The van der Waals surface area contributed by atoms with Crippen molar-refractivity contribution in [3.05, 3.63) is 71.7 Å². The van der Waals surface area contributed by atoms with Crippen LogP contribution in [0.5, 0.6) is 0 Å². The molecule has 2 aromatic carbocycles. The lowest BCUT2D eigenvalue weighted by atomic mass is 9.91. The number of halogens is 1. The summed E-state index contributed by atoms with van der Waals surface area (Å²) in [6.45, 7) is 4.21. The lowest BCUT2D eigenvalue weighted by molar-refractivity contribution is 0.145. The van der Waals surface area contributed by atoms with Gasteiger partial charge in [0.2, 0.25) is 0 Å². The van der Waals surface area contributed by atoms with Crippen LogP contribution in [-0.4, -0.2) is 37.3 Å². The van der Waals surface area contributed by atoms with Crippen molar-refractivity contribution in [2.24, 2.45) is 0 Å². The van der Waals surface area contributed by atoms with Gasteiger partial charge >= 0.3 is 6.03 Å². The van der Waals surface area contributed by atoms with Gasteiger partial charge in [0.1, 0.15) is 5.82 Å². The molecule has 3 rings (SSSR count). The molecule has 1 atom stereocenters. The van der Waals surface area contributed by atoms with Crippen LogP contribution in [0.2, 0.25) is 0 Å². The third kappa shape index (κ3) is 5.10. The van der Waals surface area contributed by atoms with E-state index < -0.39 is 0 Å². The lowest BCUT2D eigenvalue weighted by Gasteiger charge is -2.18. The van der Waals surface area contributed by atoms with Crippen LogP contribution >= 0.6 is 0 Å². The zero-order chi connectivity index (χ0) is 19.8. The van der Waals surface area contributed by atoms with Crippen LogP contribution < -0.4 is 10.6 Å². The molecule has 0 saturated heterocycles. The molecular weight excluding hydrogens is 357 g/mol. The van der Waals surface area contributed by atoms with Crippen molar-refractivity contribution < 1.29 is 13.9 Å². The molecule has 28 heavy (non-hydrogen) atoms. The molecule has 0 fully saturated rings. The van der Waals surface area contributed by atoms with Gasteiger partial charge in [0.05, 0.1) is 0 Å². The van der Waals surface area contributed by atoms with Crippen LogP contribution in [0, 0.1) is 5.82 Å². The average molecular weight is 383 g/mol. The SMILES string of the molecule is CCOCCCNC(=O)NC[C@H](c1ccc(F)cc1)c1c[nH]c2ccccc12. The second-order valence-corrected chi connectivity index (χ2v) is 6.58. The summed E-state index contributed by atoms with van der Waals surface area (Å²) in [4.78, 5) is 15.4. The zero-order valence-electron chi connectivity index (χ0n) is 16.0. The number of para-hydroxylation sites is 1. The van der Waals surface area contributed by atoms with E-state index in [9.17, 15) is 9.18 Å². The van der Waals surface area contributed by atoms with Gasteiger partial charge in [-0.2, -0.15) is 0 Å². The van der Waals surface area contributed by atoms with Crippen LogP contribution in [0.1, 0.15) is 30.4 Å². The van der Waals surface area contributed by atoms with E-state index in [0.29, 0.717) is 26.3 Å². The van der Waals surface area contributed by atoms with Crippen molar-refractivity contribution in [3.8, 4) is 0 Å². The van der Waals surface area contributed by atoms with Crippen molar-refractivity contribution >= 4 is 16.9 Å². The van der Waals surface area contributed by atoms with E-state index in [-0.39, 0.29) is 17.8 Å². The number of amides is 2. The van der Waals surface area contributed by atoms with Crippen molar-refractivity contribution in [3.63, 3.8) is 0 Å². The summed E-state index contributed by atoms with van der Waals surface area (Å²) in [5.41, 5.74) is 3.05. The Morgan fingerprint density at radius 3 is 2.71 bits per heavy atom. The summed E-state index contributed by atoms with van der Waals surface area (Å²) in [6.07, 6.45) is 2.73. The Hall–Kier alpha value is -2.86. The smallest absolute Gasteiger partial charge is 0.314 e. The third-order valence-electron chi connectivity index (χ3n) is 4.69. The molecule has 0 spiro atoms. The maximum Gasteiger partial charge on any atom is 0.314 e. The number of nitrogens with one attached hydrogen (secondary N) is 3. The predicted molar refractivity (Wildman–Crippen MR) is 109 cm³/mol. The van der Waals surface area contributed by atoms with E-state index in [1.54, 1.807) is 12.1 Å². The second kappa shape index (κ2) is 9.90. The summed E-state index contributed by atoms with van der Waals surface area (Å²) in [5, 5.41) is 6.88. The number of H-pyrrole nitrogens is 1. The monoisotopic (exact) mass is 383 g/mol. The van der Waals surface area contributed by atoms with Crippen LogP contribution in [-0.2, 0) is 4.74 Å². The summed E-state index contributed by atoms with van der Waals surface area (Å²) >= 11 is 0. The highest BCUT2D eigenvalue weighted by Crippen LogP contribution is 2.30. The minimum Gasteiger partial charge on any atom is -0.382 e. The lowest BCUT2D eigenvalue weighted by Crippen LogP contribution is -2.38. The van der Waals surface area contributed by atoms with E-state index >= 15 is 0 Å². The molecule has 148 valence electrons. The Labute approximate surface area is 164 Å². The minimum atomic E-state index is -0.276. The minimum absolute atomic E-state index is 0.0917. The molecule has 0 aliphatic heterocycles. The number of carbonyl (C=O) groups excluding carboxylic acids is 1. The van der Waals surface area contributed by atoms with Crippen LogP contribution in [0.4, 0.5) is 9.18 Å². The van der Waals surface area contributed by atoms with E-state index in [1.807, 2.05) is 37.4 Å². The van der Waals surface area contributed by atoms with Crippen LogP contribution in [0.3, 0.4) is 0 Å². The Bertz CT molecular complexity index is 892. The van der Waals surface area contributed by atoms with Crippen molar-refractivity contribution in [2.45, 2.75) is 19.3 Å². The third-order valence-corrected chi connectivity index (χ3v) is 4.69. The van der Waals surface area contributed by atoms with Crippen LogP contribution in [0.15, 0.2) is 54.7 Å².